The lowest BCUT2D eigenvalue weighted by Crippen LogP contribution is -2.21. The molecule has 1 heterocycles. The number of imidazole rings is 1. The summed E-state index contributed by atoms with van der Waals surface area (Å²) in [6.45, 7) is 4.18. The van der Waals surface area contributed by atoms with Gasteiger partial charge in [-0.2, -0.15) is 0 Å². The zero-order chi connectivity index (χ0) is 12.4. The molecule has 2 rings (SSSR count). The molecule has 2 atom stereocenters. The summed E-state index contributed by atoms with van der Waals surface area (Å²) in [5, 5.41) is 10.1. The second-order valence-electron chi connectivity index (χ2n) is 4.73. The van der Waals surface area contributed by atoms with E-state index < -0.39 is 0 Å². The topological polar surface area (TPSA) is 38.1 Å². The van der Waals surface area contributed by atoms with Crippen molar-refractivity contribution < 1.29 is 5.11 Å². The van der Waals surface area contributed by atoms with E-state index in [0.29, 0.717) is 12.3 Å². The molecule has 0 bridgehead atoms. The number of hydrogen-bond donors (Lipinski definition) is 1. The maximum absolute atomic E-state index is 10.1. The second kappa shape index (κ2) is 4.88. The Bertz CT molecular complexity index is 504. The Kier molecular flexibility index (Phi) is 3.48. The standard InChI is InChI=1S/C14H20N2O/c1-4-10(2)13(17)9-14-15-11-7-5-6-8-12(11)16(14)3/h5-8,10,13,17H,4,9H2,1-3H3. The molecule has 2 aromatic rings. The summed E-state index contributed by atoms with van der Waals surface area (Å²) in [6.07, 6.45) is 1.31. The molecule has 17 heavy (non-hydrogen) atoms. The van der Waals surface area contributed by atoms with E-state index in [1.807, 2.05) is 25.2 Å². The summed E-state index contributed by atoms with van der Waals surface area (Å²) in [7, 11) is 2.01. The predicted octanol–water partition coefficient (Wildman–Crippen LogP) is 2.52. The van der Waals surface area contributed by atoms with Crippen LogP contribution in [0.25, 0.3) is 11.0 Å². The molecule has 1 aromatic heterocycles. The highest BCUT2D eigenvalue weighted by Crippen LogP contribution is 2.18. The average molecular weight is 232 g/mol. The maximum Gasteiger partial charge on any atom is 0.112 e. The zero-order valence-corrected chi connectivity index (χ0v) is 10.7. The number of hydrogen-bond acceptors (Lipinski definition) is 2. The monoisotopic (exact) mass is 232 g/mol. The van der Waals surface area contributed by atoms with E-state index in [1.165, 1.54) is 0 Å². The van der Waals surface area contributed by atoms with E-state index in [2.05, 4.69) is 29.5 Å². The van der Waals surface area contributed by atoms with Crippen LogP contribution in [0.15, 0.2) is 24.3 Å². The van der Waals surface area contributed by atoms with E-state index >= 15 is 0 Å². The van der Waals surface area contributed by atoms with Crippen molar-refractivity contribution in [2.24, 2.45) is 13.0 Å². The molecule has 3 nitrogen and oxygen atoms in total. The highest BCUT2D eigenvalue weighted by Gasteiger charge is 2.16. The molecule has 1 N–H and O–H groups in total. The summed E-state index contributed by atoms with van der Waals surface area (Å²) in [5.74, 6) is 1.27. The smallest absolute Gasteiger partial charge is 0.112 e. The van der Waals surface area contributed by atoms with Crippen LogP contribution in [0.4, 0.5) is 0 Å². The fraction of sp³-hybridized carbons (Fsp3) is 0.500. The van der Waals surface area contributed by atoms with Gasteiger partial charge in [0.25, 0.3) is 0 Å². The molecule has 0 fully saturated rings. The molecule has 0 saturated carbocycles. The molecule has 0 aliphatic rings. The van der Waals surface area contributed by atoms with Crippen molar-refractivity contribution in [2.75, 3.05) is 0 Å². The number of aliphatic hydroxyl groups is 1. The minimum atomic E-state index is -0.310. The van der Waals surface area contributed by atoms with Crippen LogP contribution in [0, 0.1) is 5.92 Å². The Hall–Kier alpha value is -1.35. The number of aromatic nitrogens is 2. The zero-order valence-electron chi connectivity index (χ0n) is 10.7. The van der Waals surface area contributed by atoms with Gasteiger partial charge in [0.2, 0.25) is 0 Å². The van der Waals surface area contributed by atoms with Crippen LogP contribution >= 0.6 is 0 Å². The number of aliphatic hydroxyl groups excluding tert-OH is 1. The molecule has 0 radical (unpaired) electrons. The van der Waals surface area contributed by atoms with Crippen molar-refractivity contribution in [3.8, 4) is 0 Å². The van der Waals surface area contributed by atoms with Crippen molar-refractivity contribution in [1.29, 1.82) is 0 Å². The van der Waals surface area contributed by atoms with Crippen LogP contribution in [0.1, 0.15) is 26.1 Å². The quantitative estimate of drug-likeness (QED) is 0.879. The van der Waals surface area contributed by atoms with Crippen LogP contribution < -0.4 is 0 Å². The molecular formula is C14H20N2O. The van der Waals surface area contributed by atoms with Crippen LogP contribution in [0.3, 0.4) is 0 Å². The number of fused-ring (bicyclic) bond motifs is 1. The lowest BCUT2D eigenvalue weighted by atomic mass is 9.99. The molecule has 0 aliphatic heterocycles. The first kappa shape index (κ1) is 12.1. The van der Waals surface area contributed by atoms with Gasteiger partial charge in [-0.15, -0.1) is 0 Å². The SMILES string of the molecule is CCC(C)C(O)Cc1nc2ccccc2n1C. The third-order valence-electron chi connectivity index (χ3n) is 3.57. The molecule has 0 saturated heterocycles. The molecule has 3 heteroatoms. The van der Waals surface area contributed by atoms with E-state index in [9.17, 15) is 5.11 Å². The Morgan fingerprint density at radius 1 is 1.35 bits per heavy atom. The Morgan fingerprint density at radius 2 is 2.06 bits per heavy atom. The van der Waals surface area contributed by atoms with Gasteiger partial charge in [-0.25, -0.2) is 4.98 Å². The lowest BCUT2D eigenvalue weighted by molar-refractivity contribution is 0.112. The van der Waals surface area contributed by atoms with E-state index in [-0.39, 0.29) is 6.10 Å². The van der Waals surface area contributed by atoms with Gasteiger partial charge in [0.15, 0.2) is 0 Å². The number of aryl methyl sites for hydroxylation is 1. The first-order chi connectivity index (χ1) is 8.13. The fourth-order valence-corrected chi connectivity index (χ4v) is 2.04. The van der Waals surface area contributed by atoms with Gasteiger partial charge in [0.1, 0.15) is 5.82 Å². The van der Waals surface area contributed by atoms with Gasteiger partial charge < -0.3 is 9.67 Å². The summed E-state index contributed by atoms with van der Waals surface area (Å²) >= 11 is 0. The molecule has 0 spiro atoms. The molecule has 2 unspecified atom stereocenters. The number of benzene rings is 1. The van der Waals surface area contributed by atoms with Crippen LogP contribution in [0.5, 0.6) is 0 Å². The van der Waals surface area contributed by atoms with Crippen molar-refractivity contribution >= 4 is 11.0 Å². The van der Waals surface area contributed by atoms with Gasteiger partial charge in [0.05, 0.1) is 17.1 Å². The van der Waals surface area contributed by atoms with E-state index in [1.54, 1.807) is 0 Å². The van der Waals surface area contributed by atoms with Crippen molar-refractivity contribution in [3.63, 3.8) is 0 Å². The number of nitrogens with zero attached hydrogens (tertiary/aromatic N) is 2. The minimum absolute atomic E-state index is 0.310. The minimum Gasteiger partial charge on any atom is -0.392 e. The van der Waals surface area contributed by atoms with Gasteiger partial charge in [-0.3, -0.25) is 0 Å². The molecule has 0 amide bonds. The third-order valence-corrected chi connectivity index (χ3v) is 3.57. The van der Waals surface area contributed by atoms with Crippen LogP contribution in [-0.2, 0) is 13.5 Å². The molecule has 1 aromatic carbocycles. The summed E-state index contributed by atoms with van der Waals surface area (Å²) in [6, 6.07) is 8.07. The predicted molar refractivity (Wildman–Crippen MR) is 69.9 cm³/mol. The molecular weight excluding hydrogens is 212 g/mol. The maximum atomic E-state index is 10.1. The third kappa shape index (κ3) is 2.34. The van der Waals surface area contributed by atoms with Crippen molar-refractivity contribution in [1.82, 2.24) is 9.55 Å². The summed E-state index contributed by atoms with van der Waals surface area (Å²) in [4.78, 5) is 4.57. The highest BCUT2D eigenvalue weighted by molar-refractivity contribution is 5.75. The number of para-hydroxylation sites is 2. The largest absolute Gasteiger partial charge is 0.392 e. The van der Waals surface area contributed by atoms with Crippen molar-refractivity contribution in [2.45, 2.75) is 32.8 Å². The Morgan fingerprint density at radius 3 is 2.71 bits per heavy atom. The van der Waals surface area contributed by atoms with Crippen LogP contribution in [-0.4, -0.2) is 20.8 Å². The van der Waals surface area contributed by atoms with Crippen LogP contribution in [0.2, 0.25) is 0 Å². The van der Waals surface area contributed by atoms with E-state index in [4.69, 9.17) is 0 Å². The second-order valence-corrected chi connectivity index (χ2v) is 4.73. The van der Waals surface area contributed by atoms with Gasteiger partial charge >= 0.3 is 0 Å². The molecule has 92 valence electrons. The van der Waals surface area contributed by atoms with E-state index in [0.717, 1.165) is 23.3 Å². The normalized spacial score (nSPS) is 15.1. The average Bonchev–Trinajstić information content (AvgIpc) is 2.66. The van der Waals surface area contributed by atoms with Crippen molar-refractivity contribution in [3.05, 3.63) is 30.1 Å². The Labute approximate surface area is 102 Å². The Balaban J connectivity index is 2.27. The summed E-state index contributed by atoms with van der Waals surface area (Å²) < 4.78 is 2.07. The van der Waals surface area contributed by atoms with Gasteiger partial charge in [-0.05, 0) is 18.1 Å². The lowest BCUT2D eigenvalue weighted by Gasteiger charge is -2.16. The summed E-state index contributed by atoms with van der Waals surface area (Å²) in [5.41, 5.74) is 2.13. The number of rotatable bonds is 4. The first-order valence-corrected chi connectivity index (χ1v) is 6.22. The van der Waals surface area contributed by atoms with Gasteiger partial charge in [0, 0.05) is 13.5 Å². The highest BCUT2D eigenvalue weighted by atomic mass is 16.3. The first-order valence-electron chi connectivity index (χ1n) is 6.22. The van der Waals surface area contributed by atoms with Gasteiger partial charge in [-0.1, -0.05) is 32.4 Å². The molecule has 0 aliphatic carbocycles. The fourth-order valence-electron chi connectivity index (χ4n) is 2.04.